The first-order chi connectivity index (χ1) is 17.5. The number of ether oxygens (including phenoxy) is 1. The molecule has 1 aromatic heterocycles. The standard InChI is InChI=1S/C23H23F5N6O3/c1-30-9-13(8-29)20(35)34-22(4-5-37-12-22)21(36)32-11-19-17(25)7-15(10-31-19)33-18-3-2-14(24)6-16(18)23(26,27)28/h2-3,6-10,29-30,33H,4-5,11-12H2,1H3,(H,32,36)(H,34,35)/b13-9+,29-8?/t22-/m0/s1. The first-order valence-electron chi connectivity index (χ1n) is 10.8. The van der Waals surface area contributed by atoms with E-state index in [1.54, 1.807) is 0 Å². The molecule has 5 N–H and O–H groups in total. The second-order valence-electron chi connectivity index (χ2n) is 8.02. The summed E-state index contributed by atoms with van der Waals surface area (Å²) in [5.74, 6) is -3.37. The number of amides is 2. The highest BCUT2D eigenvalue weighted by Gasteiger charge is 2.44. The van der Waals surface area contributed by atoms with Gasteiger partial charge in [0, 0.05) is 38.6 Å². The van der Waals surface area contributed by atoms with Crippen LogP contribution in [0.5, 0.6) is 0 Å². The number of carbonyl (C=O) groups is 2. The smallest absolute Gasteiger partial charge is 0.393 e. The molecule has 0 spiro atoms. The van der Waals surface area contributed by atoms with E-state index in [9.17, 15) is 31.5 Å². The average molecular weight is 526 g/mol. The fraction of sp³-hybridized carbons (Fsp3) is 0.304. The SMILES string of the molecule is CN/C=C(\C=N)C(=O)N[C@@]1(C(=O)NCc2ncc(Nc3ccc(F)cc3C(F)(F)F)cc2F)CCOC1. The Kier molecular flexibility index (Phi) is 8.42. The molecular formula is C23H23F5N6O3. The molecule has 1 saturated heterocycles. The van der Waals surface area contributed by atoms with Gasteiger partial charge in [0.05, 0.1) is 47.6 Å². The maximum absolute atomic E-state index is 14.7. The van der Waals surface area contributed by atoms with Crippen molar-refractivity contribution in [1.29, 1.82) is 5.41 Å². The number of halogens is 5. The van der Waals surface area contributed by atoms with E-state index in [4.69, 9.17) is 10.1 Å². The summed E-state index contributed by atoms with van der Waals surface area (Å²) in [5, 5.41) is 17.4. The molecule has 9 nitrogen and oxygen atoms in total. The molecule has 0 bridgehead atoms. The number of aromatic nitrogens is 1. The molecule has 1 aliphatic heterocycles. The zero-order valence-corrected chi connectivity index (χ0v) is 19.4. The number of rotatable bonds is 9. The first kappa shape index (κ1) is 27.5. The number of carbonyl (C=O) groups excluding carboxylic acids is 2. The highest BCUT2D eigenvalue weighted by atomic mass is 19.4. The minimum Gasteiger partial charge on any atom is -0.393 e. The maximum atomic E-state index is 14.7. The summed E-state index contributed by atoms with van der Waals surface area (Å²) < 4.78 is 72.8. The summed E-state index contributed by atoms with van der Waals surface area (Å²) in [7, 11) is 1.54. The Morgan fingerprint density at radius 2 is 2.00 bits per heavy atom. The van der Waals surface area contributed by atoms with E-state index in [-0.39, 0.29) is 36.6 Å². The van der Waals surface area contributed by atoms with Crippen molar-refractivity contribution < 1.29 is 36.3 Å². The normalized spacial score (nSPS) is 17.7. The second-order valence-corrected chi connectivity index (χ2v) is 8.02. The molecule has 1 aliphatic rings. The van der Waals surface area contributed by atoms with Crippen molar-refractivity contribution >= 4 is 29.4 Å². The highest BCUT2D eigenvalue weighted by molar-refractivity contribution is 6.12. The monoisotopic (exact) mass is 526 g/mol. The summed E-state index contributed by atoms with van der Waals surface area (Å²) in [6.45, 7) is -0.357. The van der Waals surface area contributed by atoms with Crippen molar-refractivity contribution in [3.63, 3.8) is 0 Å². The second kappa shape index (κ2) is 11.3. The number of alkyl halides is 3. The van der Waals surface area contributed by atoms with Crippen molar-refractivity contribution in [2.45, 2.75) is 24.7 Å². The fourth-order valence-corrected chi connectivity index (χ4v) is 3.53. The average Bonchev–Trinajstić information content (AvgIpc) is 3.31. The third-order valence-electron chi connectivity index (χ3n) is 5.43. The molecule has 0 radical (unpaired) electrons. The minimum atomic E-state index is -4.85. The lowest BCUT2D eigenvalue weighted by Gasteiger charge is -2.27. The molecule has 37 heavy (non-hydrogen) atoms. The quantitative estimate of drug-likeness (QED) is 0.194. The van der Waals surface area contributed by atoms with Gasteiger partial charge in [-0.1, -0.05) is 0 Å². The zero-order chi connectivity index (χ0) is 27.2. The van der Waals surface area contributed by atoms with Crippen LogP contribution in [0.15, 0.2) is 42.2 Å². The minimum absolute atomic E-state index is 0.0350. The summed E-state index contributed by atoms with van der Waals surface area (Å²) in [4.78, 5) is 29.3. The van der Waals surface area contributed by atoms with Gasteiger partial charge in [0.1, 0.15) is 17.2 Å². The molecule has 198 valence electrons. The molecule has 0 unspecified atom stereocenters. The molecule has 2 aromatic rings. The molecule has 2 heterocycles. The van der Waals surface area contributed by atoms with Gasteiger partial charge < -0.3 is 31.4 Å². The lowest BCUT2D eigenvalue weighted by atomic mass is 9.96. The zero-order valence-electron chi connectivity index (χ0n) is 19.4. The van der Waals surface area contributed by atoms with E-state index >= 15 is 0 Å². The Balaban J connectivity index is 1.71. The summed E-state index contributed by atoms with van der Waals surface area (Å²) >= 11 is 0. The van der Waals surface area contributed by atoms with Gasteiger partial charge in [-0.15, -0.1) is 0 Å². The van der Waals surface area contributed by atoms with E-state index in [1.807, 2.05) is 0 Å². The Bertz CT molecular complexity index is 1210. The summed E-state index contributed by atoms with van der Waals surface area (Å²) in [5.41, 5.74) is -3.61. The van der Waals surface area contributed by atoms with Crippen LogP contribution in [0.3, 0.4) is 0 Å². The molecule has 1 aromatic carbocycles. The summed E-state index contributed by atoms with van der Waals surface area (Å²) in [6.07, 6.45) is -1.57. The number of benzene rings is 1. The Morgan fingerprint density at radius 3 is 2.59 bits per heavy atom. The molecular weight excluding hydrogens is 503 g/mol. The number of nitrogens with one attached hydrogen (secondary N) is 5. The number of nitrogens with zero attached hydrogens (tertiary/aromatic N) is 1. The van der Waals surface area contributed by atoms with E-state index in [2.05, 4.69) is 26.3 Å². The van der Waals surface area contributed by atoms with E-state index in [0.717, 1.165) is 30.6 Å². The van der Waals surface area contributed by atoms with E-state index in [0.29, 0.717) is 6.07 Å². The Labute approximate surface area is 208 Å². The van der Waals surface area contributed by atoms with Crippen LogP contribution in [0, 0.1) is 17.0 Å². The van der Waals surface area contributed by atoms with Gasteiger partial charge in [0.15, 0.2) is 0 Å². The van der Waals surface area contributed by atoms with Crippen molar-refractivity contribution in [2.24, 2.45) is 0 Å². The molecule has 1 fully saturated rings. The van der Waals surface area contributed by atoms with Gasteiger partial charge in [-0.25, -0.2) is 8.78 Å². The van der Waals surface area contributed by atoms with E-state index < -0.39 is 53.0 Å². The van der Waals surface area contributed by atoms with Gasteiger partial charge in [0.25, 0.3) is 5.91 Å². The molecule has 0 saturated carbocycles. The lowest BCUT2D eigenvalue weighted by molar-refractivity contribution is -0.137. The van der Waals surface area contributed by atoms with Crippen LogP contribution in [-0.2, 0) is 27.0 Å². The van der Waals surface area contributed by atoms with E-state index in [1.165, 1.54) is 13.2 Å². The predicted octanol–water partition coefficient (Wildman–Crippen LogP) is 2.77. The Hall–Kier alpha value is -4.07. The lowest BCUT2D eigenvalue weighted by Crippen LogP contribution is -2.59. The Morgan fingerprint density at radius 1 is 1.24 bits per heavy atom. The van der Waals surface area contributed by atoms with Crippen LogP contribution in [0.25, 0.3) is 0 Å². The molecule has 14 heteroatoms. The maximum Gasteiger partial charge on any atom is 0.418 e. The van der Waals surface area contributed by atoms with Crippen LogP contribution in [0.2, 0.25) is 0 Å². The van der Waals surface area contributed by atoms with Crippen LogP contribution in [-0.4, -0.2) is 48.8 Å². The van der Waals surface area contributed by atoms with Gasteiger partial charge in [-0.05, 0) is 18.2 Å². The number of hydrogen-bond acceptors (Lipinski definition) is 7. The molecule has 3 rings (SSSR count). The van der Waals surface area contributed by atoms with Crippen molar-refractivity contribution in [3.05, 3.63) is 65.1 Å². The molecule has 2 amide bonds. The third-order valence-corrected chi connectivity index (χ3v) is 5.43. The van der Waals surface area contributed by atoms with Crippen LogP contribution in [0.1, 0.15) is 17.7 Å². The van der Waals surface area contributed by atoms with Crippen molar-refractivity contribution in [3.8, 4) is 0 Å². The number of anilines is 2. The van der Waals surface area contributed by atoms with Crippen LogP contribution in [0.4, 0.5) is 33.3 Å². The fourth-order valence-electron chi connectivity index (χ4n) is 3.53. The van der Waals surface area contributed by atoms with Gasteiger partial charge in [-0.2, -0.15) is 13.2 Å². The van der Waals surface area contributed by atoms with Crippen molar-refractivity contribution in [1.82, 2.24) is 20.9 Å². The number of pyridine rings is 1. The van der Waals surface area contributed by atoms with Gasteiger partial charge in [0.2, 0.25) is 5.91 Å². The number of hydrogen-bond donors (Lipinski definition) is 5. The van der Waals surface area contributed by atoms with Gasteiger partial charge in [-0.3, -0.25) is 14.6 Å². The third kappa shape index (κ3) is 6.58. The van der Waals surface area contributed by atoms with Crippen LogP contribution >= 0.6 is 0 Å². The summed E-state index contributed by atoms with van der Waals surface area (Å²) in [6, 6.07) is 2.90. The molecule has 1 atom stereocenters. The topological polar surface area (TPSA) is 128 Å². The van der Waals surface area contributed by atoms with Gasteiger partial charge >= 0.3 is 6.18 Å². The predicted molar refractivity (Wildman–Crippen MR) is 123 cm³/mol. The largest absolute Gasteiger partial charge is 0.418 e. The highest BCUT2D eigenvalue weighted by Crippen LogP contribution is 2.36. The van der Waals surface area contributed by atoms with Crippen molar-refractivity contribution in [2.75, 3.05) is 25.6 Å². The first-order valence-corrected chi connectivity index (χ1v) is 10.8. The van der Waals surface area contributed by atoms with Crippen LogP contribution < -0.4 is 21.3 Å². The molecule has 0 aliphatic carbocycles.